The van der Waals surface area contributed by atoms with E-state index in [9.17, 15) is 21.9 Å². The van der Waals surface area contributed by atoms with Gasteiger partial charge in [-0.3, -0.25) is 4.90 Å². The van der Waals surface area contributed by atoms with Crippen molar-refractivity contribution in [2.24, 2.45) is 0 Å². The second kappa shape index (κ2) is 6.38. The summed E-state index contributed by atoms with van der Waals surface area (Å²) in [7, 11) is -6.74. The van der Waals surface area contributed by atoms with E-state index in [2.05, 4.69) is 0 Å². The van der Waals surface area contributed by atoms with E-state index >= 15 is 0 Å². The molecule has 0 bridgehead atoms. The molecular formula is C15H22N2O5S2. The maximum absolute atomic E-state index is 12.7. The molecule has 2 aliphatic rings. The van der Waals surface area contributed by atoms with E-state index in [1.54, 1.807) is 24.3 Å². The Labute approximate surface area is 142 Å². The number of benzene rings is 1. The lowest BCUT2D eigenvalue weighted by atomic mass is 10.1. The van der Waals surface area contributed by atoms with Gasteiger partial charge in [0.1, 0.15) is 0 Å². The Bertz CT molecular complexity index is 797. The van der Waals surface area contributed by atoms with Crippen molar-refractivity contribution in [3.05, 3.63) is 29.8 Å². The van der Waals surface area contributed by atoms with Gasteiger partial charge in [-0.25, -0.2) is 16.8 Å². The molecule has 24 heavy (non-hydrogen) atoms. The summed E-state index contributed by atoms with van der Waals surface area (Å²) in [4.78, 5) is 2.15. The summed E-state index contributed by atoms with van der Waals surface area (Å²) in [5.41, 5.74) is 0.996. The summed E-state index contributed by atoms with van der Waals surface area (Å²) in [6.45, 7) is 3.32. The Hall–Kier alpha value is -1.00. The van der Waals surface area contributed by atoms with Crippen LogP contribution in [0.2, 0.25) is 0 Å². The van der Waals surface area contributed by atoms with Gasteiger partial charge in [-0.2, -0.15) is 4.31 Å². The van der Waals surface area contributed by atoms with Crippen LogP contribution in [0.1, 0.15) is 5.56 Å². The number of sulfonamides is 1. The van der Waals surface area contributed by atoms with E-state index in [4.69, 9.17) is 0 Å². The molecule has 1 aromatic rings. The Morgan fingerprint density at radius 2 is 1.62 bits per heavy atom. The van der Waals surface area contributed by atoms with Crippen molar-refractivity contribution in [3.8, 4) is 0 Å². The van der Waals surface area contributed by atoms with E-state index in [1.165, 1.54) is 4.31 Å². The van der Waals surface area contributed by atoms with Crippen molar-refractivity contribution in [1.82, 2.24) is 9.21 Å². The van der Waals surface area contributed by atoms with Gasteiger partial charge in [0, 0.05) is 26.2 Å². The minimum Gasteiger partial charge on any atom is -0.390 e. The summed E-state index contributed by atoms with van der Waals surface area (Å²) < 4.78 is 50.0. The number of rotatable bonds is 3. The van der Waals surface area contributed by atoms with Crippen LogP contribution in [-0.2, 0) is 19.9 Å². The highest BCUT2D eigenvalue weighted by Crippen LogP contribution is 2.23. The summed E-state index contributed by atoms with van der Waals surface area (Å²) in [5.74, 6) is -0.265. The molecule has 2 fully saturated rings. The number of aliphatic hydroxyl groups excluding tert-OH is 1. The lowest BCUT2D eigenvalue weighted by Gasteiger charge is -2.37. The van der Waals surface area contributed by atoms with Crippen LogP contribution in [0, 0.1) is 6.92 Å². The first-order chi connectivity index (χ1) is 11.2. The third-order valence-electron chi connectivity index (χ3n) is 4.69. The molecule has 0 radical (unpaired) electrons. The second-order valence-electron chi connectivity index (χ2n) is 6.46. The van der Waals surface area contributed by atoms with Crippen molar-refractivity contribution in [2.75, 3.05) is 37.7 Å². The number of piperazine rings is 1. The van der Waals surface area contributed by atoms with Crippen LogP contribution < -0.4 is 0 Å². The zero-order chi connectivity index (χ0) is 17.5. The lowest BCUT2D eigenvalue weighted by Crippen LogP contribution is -2.54. The Morgan fingerprint density at radius 1 is 1.04 bits per heavy atom. The second-order valence-corrected chi connectivity index (χ2v) is 10.6. The number of aliphatic hydroxyl groups is 1. The van der Waals surface area contributed by atoms with E-state index in [0.717, 1.165) is 5.56 Å². The van der Waals surface area contributed by atoms with Crippen LogP contribution in [-0.4, -0.2) is 81.0 Å². The highest BCUT2D eigenvalue weighted by Gasteiger charge is 2.41. The van der Waals surface area contributed by atoms with Gasteiger partial charge in [-0.1, -0.05) is 17.7 Å². The summed E-state index contributed by atoms with van der Waals surface area (Å²) in [6, 6.07) is 6.31. The van der Waals surface area contributed by atoms with Gasteiger partial charge >= 0.3 is 0 Å². The molecule has 0 unspecified atom stereocenters. The fourth-order valence-electron chi connectivity index (χ4n) is 3.29. The molecule has 2 aliphatic heterocycles. The van der Waals surface area contributed by atoms with Crippen LogP contribution in [0.3, 0.4) is 0 Å². The molecule has 1 aromatic carbocycles. The van der Waals surface area contributed by atoms with Crippen molar-refractivity contribution >= 4 is 19.9 Å². The molecule has 0 aliphatic carbocycles. The monoisotopic (exact) mass is 374 g/mol. The number of nitrogens with zero attached hydrogens (tertiary/aromatic N) is 2. The molecule has 1 N–H and O–H groups in total. The Morgan fingerprint density at radius 3 is 2.12 bits per heavy atom. The largest absolute Gasteiger partial charge is 0.390 e. The zero-order valence-electron chi connectivity index (χ0n) is 13.5. The van der Waals surface area contributed by atoms with Crippen LogP contribution >= 0.6 is 0 Å². The average Bonchev–Trinajstić information content (AvgIpc) is 2.81. The van der Waals surface area contributed by atoms with Gasteiger partial charge < -0.3 is 5.11 Å². The summed E-state index contributed by atoms with van der Waals surface area (Å²) in [6.07, 6.45) is -0.893. The van der Waals surface area contributed by atoms with Gasteiger partial charge in [-0.15, -0.1) is 0 Å². The molecule has 0 spiro atoms. The molecule has 134 valence electrons. The number of sulfone groups is 1. The molecule has 9 heteroatoms. The van der Waals surface area contributed by atoms with Gasteiger partial charge in [0.2, 0.25) is 10.0 Å². The van der Waals surface area contributed by atoms with Crippen molar-refractivity contribution in [3.63, 3.8) is 0 Å². The lowest BCUT2D eigenvalue weighted by molar-refractivity contribution is 0.0618. The minimum atomic E-state index is -3.54. The maximum atomic E-state index is 12.7. The quantitative estimate of drug-likeness (QED) is 0.764. The molecular weight excluding hydrogens is 352 g/mol. The van der Waals surface area contributed by atoms with Crippen molar-refractivity contribution in [1.29, 1.82) is 0 Å². The normalized spacial score (nSPS) is 28.9. The maximum Gasteiger partial charge on any atom is 0.243 e. The molecule has 2 heterocycles. The summed E-state index contributed by atoms with van der Waals surface area (Å²) >= 11 is 0. The van der Waals surface area contributed by atoms with E-state index in [1.807, 2.05) is 11.8 Å². The molecule has 7 nitrogen and oxygen atoms in total. The highest BCUT2D eigenvalue weighted by atomic mass is 32.2. The van der Waals surface area contributed by atoms with Gasteiger partial charge in [-0.05, 0) is 19.1 Å². The SMILES string of the molecule is Cc1ccc(S(=O)(=O)N2CCN([C@H]3CS(=O)(=O)C[C@H]3O)CC2)cc1. The minimum absolute atomic E-state index is 0.0567. The Balaban J connectivity index is 1.68. The molecule has 2 saturated heterocycles. The zero-order valence-corrected chi connectivity index (χ0v) is 15.1. The highest BCUT2D eigenvalue weighted by molar-refractivity contribution is 7.91. The Kier molecular flexibility index (Phi) is 4.73. The first kappa shape index (κ1) is 17.8. The molecule has 0 saturated carbocycles. The first-order valence-corrected chi connectivity index (χ1v) is 11.1. The fraction of sp³-hybridized carbons (Fsp3) is 0.600. The predicted octanol–water partition coefficient (Wildman–Crippen LogP) is -0.541. The predicted molar refractivity (Wildman–Crippen MR) is 90.0 cm³/mol. The average molecular weight is 374 g/mol. The number of aryl methyl sites for hydroxylation is 1. The van der Waals surface area contributed by atoms with Crippen molar-refractivity contribution < 1.29 is 21.9 Å². The van der Waals surface area contributed by atoms with E-state index in [-0.39, 0.29) is 16.4 Å². The summed E-state index contributed by atoms with van der Waals surface area (Å²) in [5, 5.41) is 9.95. The van der Waals surface area contributed by atoms with Crippen LogP contribution in [0.5, 0.6) is 0 Å². The fourth-order valence-corrected chi connectivity index (χ4v) is 6.55. The smallest absolute Gasteiger partial charge is 0.243 e. The standard InChI is InChI=1S/C15H22N2O5S2/c1-12-2-4-13(5-3-12)24(21,22)17-8-6-16(7-9-17)14-10-23(19,20)11-15(14)18/h2-5,14-15,18H,6-11H2,1H3/t14-,15+/m0/s1. The molecule has 2 atom stereocenters. The topological polar surface area (TPSA) is 95.0 Å². The third-order valence-corrected chi connectivity index (χ3v) is 8.31. The van der Waals surface area contributed by atoms with Gasteiger partial charge in [0.25, 0.3) is 0 Å². The van der Waals surface area contributed by atoms with E-state index < -0.39 is 32.0 Å². The van der Waals surface area contributed by atoms with Gasteiger partial charge in [0.05, 0.1) is 28.5 Å². The number of hydrogen-bond donors (Lipinski definition) is 1. The van der Waals surface area contributed by atoms with Crippen LogP contribution in [0.25, 0.3) is 0 Å². The van der Waals surface area contributed by atoms with Gasteiger partial charge in [0.15, 0.2) is 9.84 Å². The molecule has 3 rings (SSSR count). The third kappa shape index (κ3) is 3.50. The number of hydrogen-bond acceptors (Lipinski definition) is 6. The van der Waals surface area contributed by atoms with E-state index in [0.29, 0.717) is 26.2 Å². The van der Waals surface area contributed by atoms with Crippen LogP contribution in [0.4, 0.5) is 0 Å². The molecule has 0 aromatic heterocycles. The van der Waals surface area contributed by atoms with Crippen molar-refractivity contribution in [2.45, 2.75) is 24.0 Å². The molecule has 0 amide bonds. The van der Waals surface area contributed by atoms with Crippen LogP contribution in [0.15, 0.2) is 29.2 Å². The first-order valence-electron chi connectivity index (χ1n) is 7.88.